The monoisotopic (exact) mass is 402 g/mol. The normalized spacial score (nSPS) is 20.8. The second-order valence-corrected chi connectivity index (χ2v) is 9.82. The smallest absolute Gasteiger partial charge is 0.253 e. The van der Waals surface area contributed by atoms with Crippen molar-refractivity contribution >= 4 is 11.8 Å². The Hall–Kier alpha value is -1.92. The lowest BCUT2D eigenvalue weighted by molar-refractivity contribution is -0.119. The number of benzene rings is 1. The van der Waals surface area contributed by atoms with Gasteiger partial charge in [-0.3, -0.25) is 9.59 Å². The van der Waals surface area contributed by atoms with E-state index in [1.54, 1.807) is 0 Å². The van der Waals surface area contributed by atoms with E-state index in [2.05, 4.69) is 50.6 Å². The third-order valence-electron chi connectivity index (χ3n) is 5.52. The van der Waals surface area contributed by atoms with Crippen molar-refractivity contribution in [1.29, 1.82) is 0 Å². The van der Waals surface area contributed by atoms with Crippen LogP contribution in [0, 0.1) is 10.8 Å². The number of amides is 2. The quantitative estimate of drug-likeness (QED) is 0.726. The van der Waals surface area contributed by atoms with Gasteiger partial charge in [0.05, 0.1) is 0 Å². The van der Waals surface area contributed by atoms with Crippen LogP contribution in [0.2, 0.25) is 0 Å². The maximum atomic E-state index is 13.1. The molecule has 1 atom stereocenters. The maximum Gasteiger partial charge on any atom is 0.253 e. The molecule has 6 nitrogen and oxygen atoms in total. The van der Waals surface area contributed by atoms with Crippen molar-refractivity contribution in [3.63, 3.8) is 0 Å². The number of carbonyl (C=O) groups is 2. The molecule has 1 unspecified atom stereocenters. The standard InChI is InChI=1S/C23H38N4O2/c1-17(28)26-15-18-8-7-9-19(14-18)20(29)27-12-10-24-16-23(5,6)21(22(2,3)4)25-11-13-27/h7-9,14,21,24-25H,10-13,15-16H2,1-6H3,(H,26,28). The van der Waals surface area contributed by atoms with Gasteiger partial charge in [-0.2, -0.15) is 0 Å². The van der Waals surface area contributed by atoms with E-state index in [0.717, 1.165) is 25.2 Å². The van der Waals surface area contributed by atoms with E-state index in [9.17, 15) is 9.59 Å². The zero-order chi connectivity index (χ0) is 21.7. The molecule has 0 radical (unpaired) electrons. The van der Waals surface area contributed by atoms with E-state index >= 15 is 0 Å². The van der Waals surface area contributed by atoms with Gasteiger partial charge in [0, 0.05) is 57.8 Å². The van der Waals surface area contributed by atoms with Crippen LogP contribution in [0.15, 0.2) is 24.3 Å². The summed E-state index contributed by atoms with van der Waals surface area (Å²) in [6.45, 7) is 17.1. The van der Waals surface area contributed by atoms with E-state index < -0.39 is 0 Å². The molecule has 1 aromatic carbocycles. The predicted octanol–water partition coefficient (Wildman–Crippen LogP) is 2.40. The summed E-state index contributed by atoms with van der Waals surface area (Å²) in [6, 6.07) is 7.85. The van der Waals surface area contributed by atoms with E-state index in [1.165, 1.54) is 6.92 Å². The predicted molar refractivity (Wildman–Crippen MR) is 118 cm³/mol. The summed E-state index contributed by atoms with van der Waals surface area (Å²) in [5.74, 6) is -0.0447. The molecule has 0 aliphatic carbocycles. The fourth-order valence-corrected chi connectivity index (χ4v) is 4.36. The first-order valence-corrected chi connectivity index (χ1v) is 10.6. The van der Waals surface area contributed by atoms with Gasteiger partial charge in [-0.05, 0) is 28.5 Å². The van der Waals surface area contributed by atoms with Crippen LogP contribution in [0.3, 0.4) is 0 Å². The Labute approximate surface area is 175 Å². The van der Waals surface area contributed by atoms with Crippen molar-refractivity contribution in [1.82, 2.24) is 20.9 Å². The van der Waals surface area contributed by atoms with Crippen LogP contribution >= 0.6 is 0 Å². The third kappa shape index (κ3) is 6.82. The lowest BCUT2D eigenvalue weighted by Gasteiger charge is -2.44. The largest absolute Gasteiger partial charge is 0.352 e. The Morgan fingerprint density at radius 1 is 1.21 bits per heavy atom. The molecule has 162 valence electrons. The molecule has 1 aliphatic rings. The third-order valence-corrected chi connectivity index (χ3v) is 5.52. The molecule has 2 amide bonds. The SMILES string of the molecule is CC(=O)NCc1cccc(C(=O)N2CCNCC(C)(C)C(C(C)(C)C)NCC2)c1. The van der Waals surface area contributed by atoms with Gasteiger partial charge in [0.2, 0.25) is 5.91 Å². The van der Waals surface area contributed by atoms with Crippen LogP contribution in [0.25, 0.3) is 0 Å². The molecular formula is C23H38N4O2. The van der Waals surface area contributed by atoms with E-state index in [-0.39, 0.29) is 22.6 Å². The van der Waals surface area contributed by atoms with Gasteiger partial charge in [0.15, 0.2) is 0 Å². The van der Waals surface area contributed by atoms with Crippen LogP contribution in [0.1, 0.15) is 57.5 Å². The molecule has 6 heteroatoms. The fraction of sp³-hybridized carbons (Fsp3) is 0.652. The average Bonchev–Trinajstić information content (AvgIpc) is 2.63. The molecule has 0 aromatic heterocycles. The topological polar surface area (TPSA) is 73.5 Å². The van der Waals surface area contributed by atoms with Crippen molar-refractivity contribution in [2.45, 2.75) is 54.1 Å². The Morgan fingerprint density at radius 3 is 2.55 bits per heavy atom. The van der Waals surface area contributed by atoms with Crippen molar-refractivity contribution in [2.75, 3.05) is 32.7 Å². The van der Waals surface area contributed by atoms with E-state index in [4.69, 9.17) is 0 Å². The second-order valence-electron chi connectivity index (χ2n) is 9.82. The molecule has 1 heterocycles. The lowest BCUT2D eigenvalue weighted by atomic mass is 9.70. The van der Waals surface area contributed by atoms with Crippen molar-refractivity contribution < 1.29 is 9.59 Å². The molecule has 1 aliphatic heterocycles. The zero-order valence-corrected chi connectivity index (χ0v) is 18.9. The molecule has 3 N–H and O–H groups in total. The Bertz CT molecular complexity index is 709. The first-order chi connectivity index (χ1) is 13.5. The number of hydrogen-bond acceptors (Lipinski definition) is 4. The van der Waals surface area contributed by atoms with Crippen LogP contribution in [-0.4, -0.2) is 55.5 Å². The minimum Gasteiger partial charge on any atom is -0.352 e. The van der Waals surface area contributed by atoms with Crippen LogP contribution in [0.4, 0.5) is 0 Å². The Morgan fingerprint density at radius 2 is 1.90 bits per heavy atom. The summed E-state index contributed by atoms with van der Waals surface area (Å²) in [6.07, 6.45) is 0. The number of hydrogen-bond donors (Lipinski definition) is 3. The Balaban J connectivity index is 2.10. The number of nitrogens with one attached hydrogen (secondary N) is 3. The minimum absolute atomic E-state index is 0.0328. The van der Waals surface area contributed by atoms with Crippen LogP contribution < -0.4 is 16.0 Å². The molecule has 1 aromatic rings. The number of nitrogens with zero attached hydrogens (tertiary/aromatic N) is 1. The fourth-order valence-electron chi connectivity index (χ4n) is 4.36. The number of carbonyl (C=O) groups excluding carboxylic acids is 2. The van der Waals surface area contributed by atoms with Crippen molar-refractivity contribution in [2.24, 2.45) is 10.8 Å². The van der Waals surface area contributed by atoms with Crippen molar-refractivity contribution in [3.05, 3.63) is 35.4 Å². The second kappa shape index (κ2) is 9.72. The highest BCUT2D eigenvalue weighted by Gasteiger charge is 2.37. The van der Waals surface area contributed by atoms with Crippen molar-refractivity contribution in [3.8, 4) is 0 Å². The summed E-state index contributed by atoms with van der Waals surface area (Å²) >= 11 is 0. The Kier molecular flexibility index (Phi) is 7.83. The summed E-state index contributed by atoms with van der Waals surface area (Å²) in [7, 11) is 0. The summed E-state index contributed by atoms with van der Waals surface area (Å²) in [4.78, 5) is 26.2. The molecule has 1 saturated heterocycles. The van der Waals surface area contributed by atoms with Crippen LogP contribution in [0.5, 0.6) is 0 Å². The first-order valence-electron chi connectivity index (χ1n) is 10.6. The van der Waals surface area contributed by atoms with Gasteiger partial charge in [-0.1, -0.05) is 46.8 Å². The molecular weight excluding hydrogens is 364 g/mol. The molecule has 1 fully saturated rings. The molecule has 0 saturated carbocycles. The number of rotatable bonds is 3. The van der Waals surface area contributed by atoms with Gasteiger partial charge in [0.25, 0.3) is 5.91 Å². The highest BCUT2D eigenvalue weighted by molar-refractivity contribution is 5.94. The highest BCUT2D eigenvalue weighted by Crippen LogP contribution is 2.33. The molecule has 2 rings (SSSR count). The van der Waals surface area contributed by atoms with Gasteiger partial charge in [0.1, 0.15) is 0 Å². The molecule has 0 bridgehead atoms. The first kappa shape index (κ1) is 23.4. The highest BCUT2D eigenvalue weighted by atomic mass is 16.2. The van der Waals surface area contributed by atoms with Gasteiger partial charge < -0.3 is 20.9 Å². The maximum absolute atomic E-state index is 13.1. The van der Waals surface area contributed by atoms with Crippen LogP contribution in [-0.2, 0) is 11.3 Å². The van der Waals surface area contributed by atoms with Gasteiger partial charge in [-0.25, -0.2) is 0 Å². The van der Waals surface area contributed by atoms with E-state index in [1.807, 2.05) is 29.2 Å². The molecule has 29 heavy (non-hydrogen) atoms. The average molecular weight is 403 g/mol. The van der Waals surface area contributed by atoms with Gasteiger partial charge >= 0.3 is 0 Å². The summed E-state index contributed by atoms with van der Waals surface area (Å²) < 4.78 is 0. The lowest BCUT2D eigenvalue weighted by Crippen LogP contribution is -2.57. The zero-order valence-electron chi connectivity index (χ0n) is 18.9. The summed E-state index contributed by atoms with van der Waals surface area (Å²) in [5.41, 5.74) is 1.83. The minimum atomic E-state index is -0.0775. The van der Waals surface area contributed by atoms with Gasteiger partial charge in [-0.15, -0.1) is 0 Å². The summed E-state index contributed by atoms with van der Waals surface area (Å²) in [5, 5.41) is 10.0. The molecule has 0 spiro atoms. The van der Waals surface area contributed by atoms with E-state index in [0.29, 0.717) is 31.2 Å².